The summed E-state index contributed by atoms with van der Waals surface area (Å²) in [5.41, 5.74) is 12.5. The minimum absolute atomic E-state index is 0.580. The third-order valence-electron chi connectivity index (χ3n) is 12.1. The molecule has 5 heteroatoms. The van der Waals surface area contributed by atoms with E-state index in [4.69, 9.17) is 15.0 Å². The second-order valence-electron chi connectivity index (χ2n) is 15.2. The molecule has 12 aromatic rings. The van der Waals surface area contributed by atoms with E-state index in [1.807, 2.05) is 18.2 Å². The van der Waals surface area contributed by atoms with Gasteiger partial charge >= 0.3 is 0 Å². The van der Waals surface area contributed by atoms with Gasteiger partial charge in [0.1, 0.15) is 0 Å². The lowest BCUT2D eigenvalue weighted by Crippen LogP contribution is -2.06. The van der Waals surface area contributed by atoms with Gasteiger partial charge in [-0.15, -0.1) is 0 Å². The highest BCUT2D eigenvalue weighted by Crippen LogP contribution is 2.48. The zero-order valence-electron chi connectivity index (χ0n) is 31.1. The third-order valence-corrected chi connectivity index (χ3v) is 12.1. The molecule has 0 N–H and O–H groups in total. The normalized spacial score (nSPS) is 12.1. The van der Waals surface area contributed by atoms with Crippen LogP contribution < -0.4 is 0 Å². The van der Waals surface area contributed by atoms with Gasteiger partial charge in [-0.3, -0.25) is 4.57 Å². The van der Waals surface area contributed by atoms with Gasteiger partial charge in [0.25, 0.3) is 0 Å². The third kappa shape index (κ3) is 4.33. The molecule has 0 fully saturated rings. The Labute approximate surface area is 332 Å². The quantitative estimate of drug-likeness (QED) is 0.170. The molecule has 0 saturated carbocycles. The van der Waals surface area contributed by atoms with Crippen LogP contribution in [0.5, 0.6) is 0 Å². The highest BCUT2D eigenvalue weighted by molar-refractivity contribution is 6.22. The van der Waals surface area contributed by atoms with Crippen molar-refractivity contribution in [2.45, 2.75) is 0 Å². The fourth-order valence-corrected chi connectivity index (χ4v) is 9.60. The fourth-order valence-electron chi connectivity index (χ4n) is 9.60. The van der Waals surface area contributed by atoms with Crippen molar-refractivity contribution in [2.75, 3.05) is 0 Å². The van der Waals surface area contributed by atoms with Gasteiger partial charge in [-0.25, -0.2) is 4.98 Å². The number of fused-ring (bicyclic) bond motifs is 14. The van der Waals surface area contributed by atoms with Gasteiger partial charge in [-0.05, 0) is 63.0 Å². The Morgan fingerprint density at radius 2 is 0.897 bits per heavy atom. The summed E-state index contributed by atoms with van der Waals surface area (Å²) >= 11 is 0. The lowest BCUT2D eigenvalue weighted by Gasteiger charge is -2.14. The Hall–Kier alpha value is -7.89. The second-order valence-corrected chi connectivity index (χ2v) is 15.2. The van der Waals surface area contributed by atoms with Crippen molar-refractivity contribution in [2.24, 2.45) is 0 Å². The smallest absolute Gasteiger partial charge is 0.238 e. The number of benzene rings is 9. The zero-order valence-corrected chi connectivity index (χ0v) is 31.1. The summed E-state index contributed by atoms with van der Waals surface area (Å²) in [6, 6.07) is 67.3. The fraction of sp³-hybridized carbons (Fsp3) is 0. The maximum Gasteiger partial charge on any atom is 0.238 e. The molecule has 9 aromatic carbocycles. The minimum atomic E-state index is 0.580. The Kier molecular flexibility index (Phi) is 6.38. The van der Waals surface area contributed by atoms with Gasteiger partial charge < -0.3 is 4.57 Å². The number of hydrogen-bond acceptors (Lipinski definition) is 3. The van der Waals surface area contributed by atoms with Gasteiger partial charge in [-0.2, -0.15) is 9.97 Å². The summed E-state index contributed by atoms with van der Waals surface area (Å²) in [6.45, 7) is 0. The van der Waals surface area contributed by atoms with Crippen molar-refractivity contribution in [1.29, 1.82) is 0 Å². The molecule has 268 valence electrons. The van der Waals surface area contributed by atoms with Crippen LogP contribution in [0.15, 0.2) is 188 Å². The summed E-state index contributed by atoms with van der Waals surface area (Å²) < 4.78 is 4.73. The molecule has 5 nitrogen and oxygen atoms in total. The minimum Gasteiger partial charge on any atom is -0.308 e. The molecule has 1 aliphatic heterocycles. The lowest BCUT2D eigenvalue weighted by molar-refractivity contribution is 0.955. The topological polar surface area (TPSA) is 48.5 Å². The number of aromatic nitrogens is 5. The molecular weight excluding hydrogens is 707 g/mol. The van der Waals surface area contributed by atoms with Crippen molar-refractivity contribution in [1.82, 2.24) is 24.1 Å². The predicted octanol–water partition coefficient (Wildman–Crippen LogP) is 13.4. The predicted molar refractivity (Wildman–Crippen MR) is 239 cm³/mol. The molecule has 3 aromatic heterocycles. The number of para-hydroxylation sites is 3. The van der Waals surface area contributed by atoms with Crippen LogP contribution >= 0.6 is 0 Å². The standard InChI is InChI=1S/C53H31N5/c1-2-15-32(16-3-1)51-54-52(45-29-33-17-4-5-18-34(33)35-19-6-9-22-38(35)45)56-53(55-51)58-47-28-13-11-24-40(47)43-30-48-44(31-49(43)58)42-26-14-25-41-37-21-8-7-20-36(37)39-23-10-12-27-46(39)57(48)50(41)42/h1-31H. The van der Waals surface area contributed by atoms with Crippen LogP contribution in [-0.4, -0.2) is 24.1 Å². The highest BCUT2D eigenvalue weighted by atomic mass is 15.2. The van der Waals surface area contributed by atoms with E-state index in [-0.39, 0.29) is 0 Å². The van der Waals surface area contributed by atoms with E-state index >= 15 is 0 Å². The summed E-state index contributed by atoms with van der Waals surface area (Å²) in [6.07, 6.45) is 0. The Morgan fingerprint density at radius 3 is 1.74 bits per heavy atom. The molecule has 0 atom stereocenters. The summed E-state index contributed by atoms with van der Waals surface area (Å²) in [5, 5.41) is 9.30. The molecule has 0 spiro atoms. The summed E-state index contributed by atoms with van der Waals surface area (Å²) in [7, 11) is 0. The second kappa shape index (κ2) is 11.8. The maximum absolute atomic E-state index is 5.42. The lowest BCUT2D eigenvalue weighted by atomic mass is 9.94. The number of nitrogens with zero attached hydrogens (tertiary/aromatic N) is 5. The van der Waals surface area contributed by atoms with E-state index in [0.29, 0.717) is 17.6 Å². The van der Waals surface area contributed by atoms with E-state index in [1.54, 1.807) is 0 Å². The van der Waals surface area contributed by atoms with Crippen LogP contribution in [0.1, 0.15) is 0 Å². The molecular formula is C53H31N5. The molecule has 0 aliphatic carbocycles. The average Bonchev–Trinajstić information content (AvgIpc) is 3.75. The van der Waals surface area contributed by atoms with Gasteiger partial charge in [-0.1, -0.05) is 158 Å². The van der Waals surface area contributed by atoms with Crippen LogP contribution in [0.4, 0.5) is 0 Å². The van der Waals surface area contributed by atoms with Gasteiger partial charge in [0, 0.05) is 43.8 Å². The van der Waals surface area contributed by atoms with Crippen molar-refractivity contribution in [3.63, 3.8) is 0 Å². The molecule has 0 radical (unpaired) electrons. The van der Waals surface area contributed by atoms with Crippen molar-refractivity contribution >= 4 is 65.2 Å². The first-order valence-corrected chi connectivity index (χ1v) is 19.7. The largest absolute Gasteiger partial charge is 0.308 e. The highest BCUT2D eigenvalue weighted by Gasteiger charge is 2.26. The number of hydrogen-bond donors (Lipinski definition) is 0. The van der Waals surface area contributed by atoms with E-state index in [2.05, 4.69) is 179 Å². The van der Waals surface area contributed by atoms with Crippen LogP contribution in [0, 0.1) is 0 Å². The number of rotatable bonds is 3. The van der Waals surface area contributed by atoms with Gasteiger partial charge in [0.15, 0.2) is 11.6 Å². The first-order valence-electron chi connectivity index (χ1n) is 19.7. The zero-order chi connectivity index (χ0) is 37.9. The van der Waals surface area contributed by atoms with E-state index < -0.39 is 0 Å². The van der Waals surface area contributed by atoms with Gasteiger partial charge in [0.05, 0.1) is 27.8 Å². The van der Waals surface area contributed by atoms with E-state index in [1.165, 1.54) is 60.5 Å². The molecule has 4 heterocycles. The Morgan fingerprint density at radius 1 is 0.310 bits per heavy atom. The monoisotopic (exact) mass is 737 g/mol. The van der Waals surface area contributed by atoms with Crippen molar-refractivity contribution < 1.29 is 0 Å². The molecule has 0 saturated heterocycles. The average molecular weight is 738 g/mol. The first kappa shape index (κ1) is 31.3. The molecule has 0 bridgehead atoms. The Bertz CT molecular complexity index is 3690. The molecule has 0 unspecified atom stereocenters. The van der Waals surface area contributed by atoms with Crippen LogP contribution in [0.25, 0.3) is 122 Å². The maximum atomic E-state index is 5.42. The van der Waals surface area contributed by atoms with E-state index in [9.17, 15) is 0 Å². The van der Waals surface area contributed by atoms with Crippen LogP contribution in [0.3, 0.4) is 0 Å². The van der Waals surface area contributed by atoms with Gasteiger partial charge in [0.2, 0.25) is 5.95 Å². The SMILES string of the molecule is c1ccc(-c2nc(-c3cc4ccccc4c4ccccc34)nc(-n3c4ccccc4c4cc5c(cc43)c3cccc4c3n5-c3ccccc3-c3ccccc3-4)n2)cc1. The van der Waals surface area contributed by atoms with Crippen molar-refractivity contribution in [3.8, 4) is 56.7 Å². The van der Waals surface area contributed by atoms with E-state index in [0.717, 1.165) is 43.7 Å². The summed E-state index contributed by atoms with van der Waals surface area (Å²) in [4.78, 5) is 16.0. The molecule has 0 amide bonds. The van der Waals surface area contributed by atoms with Crippen LogP contribution in [-0.2, 0) is 0 Å². The van der Waals surface area contributed by atoms with Crippen LogP contribution in [0.2, 0.25) is 0 Å². The molecule has 58 heavy (non-hydrogen) atoms. The molecule has 1 aliphatic rings. The Balaban J connectivity index is 1.15. The first-order chi connectivity index (χ1) is 28.8. The molecule has 13 rings (SSSR count). The van der Waals surface area contributed by atoms with Crippen molar-refractivity contribution in [3.05, 3.63) is 188 Å². The summed E-state index contributed by atoms with van der Waals surface area (Å²) in [5.74, 6) is 1.84.